The van der Waals surface area contributed by atoms with Gasteiger partial charge in [0.1, 0.15) is 17.5 Å². The number of nitrogens with zero attached hydrogens (tertiary/aromatic N) is 2. The number of hydrogen-bond acceptors (Lipinski definition) is 7. The Kier molecular flexibility index (Phi) is 8.82. The number of likely N-dealkylation sites (N-methyl/N-ethyl adjacent to an activating group) is 1. The third-order valence-electron chi connectivity index (χ3n) is 4.85. The fourth-order valence-corrected chi connectivity index (χ4v) is 3.14. The van der Waals surface area contributed by atoms with Gasteiger partial charge in [-0.25, -0.2) is 0 Å². The summed E-state index contributed by atoms with van der Waals surface area (Å²) in [6.45, 7) is 1.66. The average Bonchev–Trinajstić information content (AvgIpc) is 2.82. The Morgan fingerprint density at radius 3 is 2.28 bits per heavy atom. The van der Waals surface area contributed by atoms with Crippen LogP contribution >= 0.6 is 0 Å². The molecule has 32 heavy (non-hydrogen) atoms. The van der Waals surface area contributed by atoms with Gasteiger partial charge in [0, 0.05) is 25.7 Å². The number of benzene rings is 2. The smallest absolute Gasteiger partial charge is 0.311 e. The van der Waals surface area contributed by atoms with Gasteiger partial charge >= 0.3 is 5.69 Å². The molecule has 2 amide bonds. The van der Waals surface area contributed by atoms with Gasteiger partial charge in [-0.15, -0.1) is 0 Å². The van der Waals surface area contributed by atoms with Crippen LogP contribution in [0.25, 0.3) is 0 Å². The normalized spacial score (nSPS) is 11.2. The van der Waals surface area contributed by atoms with Crippen molar-refractivity contribution in [3.8, 4) is 17.2 Å². The van der Waals surface area contributed by atoms with Gasteiger partial charge in [-0.2, -0.15) is 0 Å². The van der Waals surface area contributed by atoms with E-state index >= 15 is 0 Å². The SMILES string of the molecule is CC[C@H](C(=O)NC)N(Cc1ccc(OC)cc1)C(=O)COc1ccc([N+](=O)[O-])c(OC)c1. The molecular formula is C22H27N3O7. The van der Waals surface area contributed by atoms with E-state index in [1.54, 1.807) is 19.2 Å². The molecule has 0 aliphatic carbocycles. The number of hydrogen-bond donors (Lipinski definition) is 1. The van der Waals surface area contributed by atoms with Crippen LogP contribution in [0, 0.1) is 10.1 Å². The van der Waals surface area contributed by atoms with E-state index in [-0.39, 0.29) is 36.2 Å². The van der Waals surface area contributed by atoms with Crippen LogP contribution in [0.15, 0.2) is 42.5 Å². The van der Waals surface area contributed by atoms with Crippen LogP contribution in [-0.2, 0) is 16.1 Å². The average molecular weight is 445 g/mol. The van der Waals surface area contributed by atoms with Gasteiger partial charge in [0.05, 0.1) is 19.1 Å². The second-order valence-corrected chi connectivity index (χ2v) is 6.79. The molecule has 2 aromatic carbocycles. The Morgan fingerprint density at radius 2 is 1.75 bits per heavy atom. The summed E-state index contributed by atoms with van der Waals surface area (Å²) in [7, 11) is 4.39. The van der Waals surface area contributed by atoms with E-state index < -0.39 is 16.9 Å². The molecule has 0 spiro atoms. The Morgan fingerprint density at radius 1 is 1.09 bits per heavy atom. The maximum Gasteiger partial charge on any atom is 0.311 e. The van der Waals surface area contributed by atoms with Crippen LogP contribution in [-0.4, -0.2) is 55.6 Å². The van der Waals surface area contributed by atoms with Crippen LogP contribution in [0.1, 0.15) is 18.9 Å². The molecule has 2 rings (SSSR count). The Labute approximate surface area is 186 Å². The van der Waals surface area contributed by atoms with Crippen molar-refractivity contribution in [2.24, 2.45) is 0 Å². The number of nitro groups is 1. The summed E-state index contributed by atoms with van der Waals surface area (Å²) < 4.78 is 15.7. The molecule has 0 unspecified atom stereocenters. The quantitative estimate of drug-likeness (QED) is 0.417. The van der Waals surface area contributed by atoms with E-state index in [4.69, 9.17) is 14.2 Å². The molecule has 0 heterocycles. The minimum atomic E-state index is -0.690. The minimum absolute atomic E-state index is 0.0202. The summed E-state index contributed by atoms with van der Waals surface area (Å²) in [4.78, 5) is 37.4. The van der Waals surface area contributed by atoms with Gasteiger partial charge in [-0.05, 0) is 30.2 Å². The summed E-state index contributed by atoms with van der Waals surface area (Å²) in [6.07, 6.45) is 0.410. The number of amides is 2. The zero-order valence-corrected chi connectivity index (χ0v) is 18.5. The van der Waals surface area contributed by atoms with Crippen LogP contribution in [0.3, 0.4) is 0 Å². The van der Waals surface area contributed by atoms with Crippen molar-refractivity contribution in [1.29, 1.82) is 0 Å². The molecule has 0 bridgehead atoms. The summed E-state index contributed by atoms with van der Waals surface area (Å²) in [5.74, 6) is 0.241. The Bertz CT molecular complexity index is 947. The maximum atomic E-state index is 13.1. The Balaban J connectivity index is 2.21. The third-order valence-corrected chi connectivity index (χ3v) is 4.85. The van der Waals surface area contributed by atoms with Gasteiger partial charge in [-0.1, -0.05) is 19.1 Å². The summed E-state index contributed by atoms with van der Waals surface area (Å²) in [5, 5.41) is 13.6. The largest absolute Gasteiger partial charge is 0.497 e. The van der Waals surface area contributed by atoms with Crippen LogP contribution in [0.2, 0.25) is 0 Å². The highest BCUT2D eigenvalue weighted by atomic mass is 16.6. The monoisotopic (exact) mass is 445 g/mol. The summed E-state index contributed by atoms with van der Waals surface area (Å²) >= 11 is 0. The fraction of sp³-hybridized carbons (Fsp3) is 0.364. The van der Waals surface area contributed by atoms with Crippen molar-refractivity contribution in [1.82, 2.24) is 10.2 Å². The van der Waals surface area contributed by atoms with Gasteiger partial charge < -0.3 is 24.4 Å². The van der Waals surface area contributed by atoms with Gasteiger partial charge in [0.15, 0.2) is 6.61 Å². The number of nitro benzene ring substituents is 1. The molecule has 2 aromatic rings. The lowest BCUT2D eigenvalue weighted by atomic mass is 10.1. The first-order valence-electron chi connectivity index (χ1n) is 9.93. The molecule has 0 aliphatic rings. The van der Waals surface area contributed by atoms with Crippen molar-refractivity contribution < 1.29 is 28.7 Å². The highest BCUT2D eigenvalue weighted by molar-refractivity contribution is 5.88. The first-order valence-corrected chi connectivity index (χ1v) is 9.93. The second-order valence-electron chi connectivity index (χ2n) is 6.79. The molecule has 0 aliphatic heterocycles. The van der Waals surface area contributed by atoms with E-state index in [0.29, 0.717) is 12.2 Å². The fourth-order valence-electron chi connectivity index (χ4n) is 3.14. The van der Waals surface area contributed by atoms with Crippen LogP contribution < -0.4 is 19.5 Å². The van der Waals surface area contributed by atoms with Gasteiger partial charge in [-0.3, -0.25) is 19.7 Å². The number of methoxy groups -OCH3 is 2. The molecule has 0 radical (unpaired) electrons. The van der Waals surface area contributed by atoms with E-state index in [1.807, 2.05) is 19.1 Å². The van der Waals surface area contributed by atoms with Gasteiger partial charge in [0.2, 0.25) is 11.7 Å². The van der Waals surface area contributed by atoms with Gasteiger partial charge in [0.25, 0.3) is 5.91 Å². The first-order chi connectivity index (χ1) is 15.3. The minimum Gasteiger partial charge on any atom is -0.497 e. The molecule has 10 nitrogen and oxygen atoms in total. The number of rotatable bonds is 11. The van der Waals surface area contributed by atoms with Crippen LogP contribution in [0.5, 0.6) is 17.2 Å². The summed E-state index contributed by atoms with van der Waals surface area (Å²) in [6, 6.07) is 10.5. The lowest BCUT2D eigenvalue weighted by molar-refractivity contribution is -0.385. The molecular weight excluding hydrogens is 418 g/mol. The van der Waals surface area contributed by atoms with E-state index in [9.17, 15) is 19.7 Å². The van der Waals surface area contributed by atoms with Crippen molar-refractivity contribution in [3.05, 3.63) is 58.1 Å². The van der Waals surface area contributed by atoms with Crippen molar-refractivity contribution in [2.45, 2.75) is 25.9 Å². The molecule has 0 aromatic heterocycles. The van der Waals surface area contributed by atoms with Crippen molar-refractivity contribution >= 4 is 17.5 Å². The number of carbonyl (C=O) groups excluding carboxylic acids is 2. The zero-order chi connectivity index (χ0) is 23.7. The summed E-state index contributed by atoms with van der Waals surface area (Å²) in [5.41, 5.74) is 0.608. The molecule has 1 N–H and O–H groups in total. The highest BCUT2D eigenvalue weighted by Crippen LogP contribution is 2.30. The molecule has 172 valence electrons. The topological polar surface area (TPSA) is 120 Å². The zero-order valence-electron chi connectivity index (χ0n) is 18.5. The van der Waals surface area contributed by atoms with Crippen LogP contribution in [0.4, 0.5) is 5.69 Å². The molecule has 10 heteroatoms. The van der Waals surface area contributed by atoms with E-state index in [2.05, 4.69) is 5.32 Å². The third kappa shape index (κ3) is 6.10. The molecule has 0 saturated carbocycles. The molecule has 1 atom stereocenters. The Hall–Kier alpha value is -3.82. The van der Waals surface area contributed by atoms with Crippen molar-refractivity contribution in [2.75, 3.05) is 27.9 Å². The first kappa shape index (κ1) is 24.4. The predicted octanol–water partition coefficient (Wildman–Crippen LogP) is 2.54. The molecule has 0 saturated heterocycles. The predicted molar refractivity (Wildman–Crippen MR) is 117 cm³/mol. The van der Waals surface area contributed by atoms with E-state index in [0.717, 1.165) is 5.56 Å². The number of nitrogens with one attached hydrogen (secondary N) is 1. The standard InChI is InChI=1S/C22H27N3O7/c1-5-18(22(27)23-2)24(13-15-6-8-16(30-3)9-7-15)21(26)14-32-17-10-11-19(25(28)29)20(12-17)31-4/h6-12,18H,5,13-14H2,1-4H3,(H,23,27)/t18-/m1/s1. The lowest BCUT2D eigenvalue weighted by Crippen LogP contribution is -2.49. The lowest BCUT2D eigenvalue weighted by Gasteiger charge is -2.30. The number of carbonyl (C=O) groups is 2. The van der Waals surface area contributed by atoms with Crippen molar-refractivity contribution in [3.63, 3.8) is 0 Å². The van der Waals surface area contributed by atoms with E-state index in [1.165, 1.54) is 37.3 Å². The molecule has 0 fully saturated rings. The maximum absolute atomic E-state index is 13.1. The second kappa shape index (κ2) is 11.5. The highest BCUT2D eigenvalue weighted by Gasteiger charge is 2.28. The number of ether oxygens (including phenoxy) is 3.